The van der Waals surface area contributed by atoms with Crippen molar-refractivity contribution in [3.05, 3.63) is 46.2 Å². The Morgan fingerprint density at radius 3 is 2.41 bits per heavy atom. The zero-order valence-corrected chi connectivity index (χ0v) is 19.0. The minimum absolute atomic E-state index is 0.0487. The standard InChI is InChI=1S/C22H22O12/c1-10(23)31-21-32-15-8-13(20(25)29-5)17-16-12(19(24)28-4)6-11(7-14(16)26-2)9-30-34-22(15,33-21)18(17)27-3/h6-8,18,21H,9H2,1-5H3. The van der Waals surface area contributed by atoms with E-state index < -0.39 is 36.3 Å². The largest absolute Gasteiger partial charge is 0.496 e. The second-order valence-corrected chi connectivity index (χ2v) is 7.30. The van der Waals surface area contributed by atoms with E-state index in [-0.39, 0.29) is 40.4 Å². The summed E-state index contributed by atoms with van der Waals surface area (Å²) in [4.78, 5) is 48.3. The Kier molecular flexibility index (Phi) is 6.32. The van der Waals surface area contributed by atoms with Crippen LogP contribution in [0.4, 0.5) is 0 Å². The Bertz CT molecular complexity index is 1100. The van der Waals surface area contributed by atoms with E-state index in [9.17, 15) is 14.4 Å². The van der Waals surface area contributed by atoms with Gasteiger partial charge in [-0.2, -0.15) is 4.89 Å². The number of carbonyl (C=O) groups excluding carboxylic acids is 3. The van der Waals surface area contributed by atoms with Gasteiger partial charge in [0, 0.05) is 25.2 Å². The highest BCUT2D eigenvalue weighted by atomic mass is 17.2. The number of benzene rings is 1. The second-order valence-electron chi connectivity index (χ2n) is 7.30. The molecule has 0 radical (unpaired) electrons. The smallest absolute Gasteiger partial charge is 0.365 e. The molecule has 0 saturated carbocycles. The summed E-state index contributed by atoms with van der Waals surface area (Å²) < 4.78 is 37.7. The minimum atomic E-state index is -1.95. The number of rotatable bonds is 5. The monoisotopic (exact) mass is 478 g/mol. The molecule has 1 aromatic carbocycles. The van der Waals surface area contributed by atoms with E-state index in [2.05, 4.69) is 0 Å². The van der Waals surface area contributed by atoms with Crippen molar-refractivity contribution in [2.24, 2.45) is 0 Å². The van der Waals surface area contributed by atoms with Crippen molar-refractivity contribution in [1.29, 1.82) is 0 Å². The summed E-state index contributed by atoms with van der Waals surface area (Å²) in [5.41, 5.74) is 0.813. The number of fused-ring (bicyclic) bond motifs is 4. The van der Waals surface area contributed by atoms with Crippen molar-refractivity contribution in [3.63, 3.8) is 0 Å². The van der Waals surface area contributed by atoms with E-state index >= 15 is 0 Å². The van der Waals surface area contributed by atoms with Crippen molar-refractivity contribution in [1.82, 2.24) is 0 Å². The quantitative estimate of drug-likeness (QED) is 0.344. The van der Waals surface area contributed by atoms with Crippen LogP contribution in [0.2, 0.25) is 0 Å². The third kappa shape index (κ3) is 3.70. The Balaban J connectivity index is 2.05. The summed E-state index contributed by atoms with van der Waals surface area (Å²) in [7, 11) is 5.13. The molecule has 1 aliphatic carbocycles. The van der Waals surface area contributed by atoms with Crippen molar-refractivity contribution in [2.75, 3.05) is 28.4 Å². The molecule has 0 N–H and O–H groups in total. The number of esters is 3. The zero-order valence-electron chi connectivity index (χ0n) is 19.0. The average Bonchev–Trinajstić information content (AvgIpc) is 3.17. The van der Waals surface area contributed by atoms with Crippen LogP contribution in [0.1, 0.15) is 28.4 Å². The first-order valence-corrected chi connectivity index (χ1v) is 9.99. The maximum Gasteiger partial charge on any atom is 0.365 e. The van der Waals surface area contributed by atoms with Crippen LogP contribution in [0.15, 0.2) is 29.5 Å². The van der Waals surface area contributed by atoms with Crippen molar-refractivity contribution < 1.29 is 57.3 Å². The van der Waals surface area contributed by atoms with Crippen LogP contribution >= 0.6 is 0 Å². The summed E-state index contributed by atoms with van der Waals surface area (Å²) in [6, 6.07) is 3.14. The lowest BCUT2D eigenvalue weighted by Gasteiger charge is -2.38. The Morgan fingerprint density at radius 1 is 1.06 bits per heavy atom. The highest BCUT2D eigenvalue weighted by molar-refractivity contribution is 6.07. The summed E-state index contributed by atoms with van der Waals surface area (Å²) >= 11 is 0. The van der Waals surface area contributed by atoms with E-state index in [1.54, 1.807) is 6.07 Å². The average molecular weight is 478 g/mol. The molecule has 0 amide bonds. The maximum absolute atomic E-state index is 12.9. The van der Waals surface area contributed by atoms with Gasteiger partial charge in [-0.3, -0.25) is 9.53 Å². The molecule has 1 fully saturated rings. The van der Waals surface area contributed by atoms with Gasteiger partial charge in [-0.15, -0.1) is 0 Å². The topological polar surface area (TPSA) is 134 Å². The number of methoxy groups -OCH3 is 4. The molecule has 3 unspecified atom stereocenters. The SMILES string of the molecule is COC(=O)C1=C2c3c(OC)cc(cc3C(=O)OC)COOC3(OC(OC(C)=O)OC3=C1)C2OC. The van der Waals surface area contributed by atoms with Crippen molar-refractivity contribution in [3.8, 4) is 5.75 Å². The van der Waals surface area contributed by atoms with Gasteiger partial charge in [0.15, 0.2) is 5.76 Å². The molecule has 12 nitrogen and oxygen atoms in total. The van der Waals surface area contributed by atoms with Gasteiger partial charge in [0.05, 0.1) is 32.5 Å². The van der Waals surface area contributed by atoms with Gasteiger partial charge in [-0.25, -0.2) is 14.5 Å². The molecular formula is C22H22O12. The fourth-order valence-corrected chi connectivity index (χ4v) is 4.03. The van der Waals surface area contributed by atoms with Crippen molar-refractivity contribution >= 4 is 23.5 Å². The van der Waals surface area contributed by atoms with Crippen LogP contribution in [0, 0.1) is 0 Å². The predicted molar refractivity (Wildman–Crippen MR) is 108 cm³/mol. The predicted octanol–water partition coefficient (Wildman–Crippen LogP) is 1.37. The third-order valence-corrected chi connectivity index (χ3v) is 5.38. The molecule has 3 aliphatic heterocycles. The fourth-order valence-electron chi connectivity index (χ4n) is 4.03. The lowest BCUT2D eigenvalue weighted by atomic mass is 9.81. The van der Waals surface area contributed by atoms with Gasteiger partial charge in [0.1, 0.15) is 18.5 Å². The van der Waals surface area contributed by atoms with Gasteiger partial charge >= 0.3 is 24.4 Å². The second kappa shape index (κ2) is 9.06. The first-order chi connectivity index (χ1) is 16.3. The molecule has 3 heterocycles. The highest BCUT2D eigenvalue weighted by Crippen LogP contribution is 2.51. The van der Waals surface area contributed by atoms with Gasteiger partial charge in [-0.05, 0) is 23.8 Å². The first kappa shape index (κ1) is 23.7. The van der Waals surface area contributed by atoms with E-state index in [0.29, 0.717) is 5.56 Å². The molecule has 1 saturated heterocycles. The maximum atomic E-state index is 12.9. The van der Waals surface area contributed by atoms with Crippen molar-refractivity contribution in [2.45, 2.75) is 31.9 Å². The Hall–Kier alpha value is -3.45. The highest BCUT2D eigenvalue weighted by Gasteiger charge is 2.62. The molecule has 4 bridgehead atoms. The first-order valence-electron chi connectivity index (χ1n) is 9.99. The summed E-state index contributed by atoms with van der Waals surface area (Å²) in [5.74, 6) is -3.98. The molecule has 182 valence electrons. The normalized spacial score (nSPS) is 25.0. The molecule has 5 rings (SSSR count). The molecule has 12 heteroatoms. The molecule has 1 spiro atoms. The molecular weight excluding hydrogens is 456 g/mol. The minimum Gasteiger partial charge on any atom is -0.496 e. The summed E-state index contributed by atoms with van der Waals surface area (Å²) in [6.07, 6.45) is -0.0112. The van der Waals surface area contributed by atoms with Crippen LogP contribution in [0.5, 0.6) is 5.75 Å². The van der Waals surface area contributed by atoms with Crippen LogP contribution in [0.25, 0.3) is 5.57 Å². The van der Waals surface area contributed by atoms with Gasteiger partial charge < -0.3 is 28.4 Å². The Morgan fingerprint density at radius 2 is 1.79 bits per heavy atom. The lowest BCUT2D eigenvalue weighted by molar-refractivity contribution is -0.442. The number of hydrogen-bond donors (Lipinski definition) is 0. The molecule has 1 aromatic rings. The summed E-state index contributed by atoms with van der Waals surface area (Å²) in [6.45, 7) is -0.511. The molecule has 4 aliphatic rings. The zero-order chi connectivity index (χ0) is 24.6. The molecule has 0 aromatic heterocycles. The number of ether oxygens (including phenoxy) is 7. The van der Waals surface area contributed by atoms with Crippen LogP contribution in [-0.4, -0.2) is 64.7 Å². The lowest BCUT2D eigenvalue weighted by Crippen LogP contribution is -2.51. The molecule has 34 heavy (non-hydrogen) atoms. The van der Waals surface area contributed by atoms with Crippen LogP contribution < -0.4 is 4.74 Å². The summed E-state index contributed by atoms with van der Waals surface area (Å²) in [5, 5.41) is 0. The third-order valence-electron chi connectivity index (χ3n) is 5.38. The Labute approximate surface area is 193 Å². The van der Waals surface area contributed by atoms with E-state index in [1.165, 1.54) is 40.6 Å². The molecule has 3 atom stereocenters. The van der Waals surface area contributed by atoms with Gasteiger partial charge in [0.2, 0.25) is 0 Å². The van der Waals surface area contributed by atoms with E-state index in [1.807, 2.05) is 0 Å². The van der Waals surface area contributed by atoms with Gasteiger partial charge in [-0.1, -0.05) is 0 Å². The van der Waals surface area contributed by atoms with Crippen LogP contribution in [-0.2, 0) is 54.4 Å². The van der Waals surface area contributed by atoms with Crippen LogP contribution in [0.3, 0.4) is 0 Å². The van der Waals surface area contributed by atoms with Gasteiger partial charge in [0.25, 0.3) is 5.79 Å². The fraction of sp³-hybridized carbons (Fsp3) is 0.409. The van der Waals surface area contributed by atoms with E-state index in [4.69, 9.17) is 42.9 Å². The number of carbonyl (C=O) groups is 3. The van der Waals surface area contributed by atoms with E-state index in [0.717, 1.165) is 6.92 Å². The number of hydrogen-bond acceptors (Lipinski definition) is 12.